The van der Waals surface area contributed by atoms with Gasteiger partial charge >= 0.3 is 5.97 Å². The quantitative estimate of drug-likeness (QED) is 0.309. The first-order chi connectivity index (χ1) is 17.9. The van der Waals surface area contributed by atoms with E-state index in [0.717, 1.165) is 35.1 Å². The highest BCUT2D eigenvalue weighted by molar-refractivity contribution is 5.91. The van der Waals surface area contributed by atoms with Crippen molar-refractivity contribution >= 4 is 40.7 Å². The van der Waals surface area contributed by atoms with E-state index >= 15 is 0 Å². The maximum absolute atomic E-state index is 11.2. The van der Waals surface area contributed by atoms with Crippen LogP contribution in [0.2, 0.25) is 0 Å². The van der Waals surface area contributed by atoms with Crippen molar-refractivity contribution in [3.8, 4) is 17.2 Å². The number of nitrogens with one attached hydrogen (secondary N) is 1. The molecule has 0 atom stereocenters. The second-order valence-corrected chi connectivity index (χ2v) is 8.25. The Morgan fingerprint density at radius 2 is 1.70 bits per heavy atom. The fraction of sp³-hybridized carbons (Fsp3) is 0.259. The molecule has 0 spiro atoms. The molecule has 0 saturated carbocycles. The monoisotopic (exact) mass is 503 g/mol. The predicted octanol–water partition coefficient (Wildman–Crippen LogP) is 4.95. The molecular weight excluding hydrogens is 474 g/mol. The molecule has 0 bridgehead atoms. The molecule has 0 saturated heterocycles. The van der Waals surface area contributed by atoms with Crippen LogP contribution in [-0.2, 0) is 13.5 Å². The van der Waals surface area contributed by atoms with Crippen LogP contribution in [0.3, 0.4) is 0 Å². The second-order valence-electron chi connectivity index (χ2n) is 8.25. The summed E-state index contributed by atoms with van der Waals surface area (Å²) in [6, 6.07) is 10.2. The van der Waals surface area contributed by atoms with Crippen LogP contribution < -0.4 is 19.5 Å². The summed E-state index contributed by atoms with van der Waals surface area (Å²) in [5.41, 5.74) is 4.12. The van der Waals surface area contributed by atoms with Gasteiger partial charge in [-0.3, -0.25) is 4.68 Å². The number of nitrogens with zero attached hydrogens (tertiary/aromatic N) is 4. The number of hydrogen-bond donors (Lipinski definition) is 2. The Bertz CT molecular complexity index is 1440. The minimum Gasteiger partial charge on any atom is -0.493 e. The van der Waals surface area contributed by atoms with E-state index in [1.165, 1.54) is 0 Å². The van der Waals surface area contributed by atoms with E-state index in [0.29, 0.717) is 34.6 Å². The van der Waals surface area contributed by atoms with E-state index in [4.69, 9.17) is 24.2 Å². The lowest BCUT2D eigenvalue weighted by Gasteiger charge is -2.13. The predicted molar refractivity (Wildman–Crippen MR) is 142 cm³/mol. The van der Waals surface area contributed by atoms with Gasteiger partial charge in [-0.2, -0.15) is 5.10 Å². The van der Waals surface area contributed by atoms with Crippen LogP contribution in [0, 0.1) is 0 Å². The molecule has 10 nitrogen and oxygen atoms in total. The zero-order valence-electron chi connectivity index (χ0n) is 21.4. The van der Waals surface area contributed by atoms with E-state index in [9.17, 15) is 9.90 Å². The van der Waals surface area contributed by atoms with Crippen molar-refractivity contribution in [2.75, 3.05) is 26.6 Å². The van der Waals surface area contributed by atoms with Crippen LogP contribution in [0.25, 0.3) is 23.2 Å². The van der Waals surface area contributed by atoms with Gasteiger partial charge in [0.1, 0.15) is 11.0 Å². The standard InChI is InChI=1S/C27H29N5O5/c1-6-7-19-23-24(32(2)31-19)26(28-18-11-9-17(10-12-18)27(33)34)30-22(29-23)13-8-16-14-20(35-3)25(37-5)21(15-16)36-4/h8-15H,6-7H2,1-5H3,(H,33,34)(H,28,29,30)/b13-8+. The fourth-order valence-electron chi connectivity index (χ4n) is 4.03. The summed E-state index contributed by atoms with van der Waals surface area (Å²) < 4.78 is 18.1. The number of aryl methyl sites for hydroxylation is 2. The molecule has 2 aromatic heterocycles. The van der Waals surface area contributed by atoms with Crippen LogP contribution >= 0.6 is 0 Å². The van der Waals surface area contributed by atoms with Crippen LogP contribution in [0.15, 0.2) is 36.4 Å². The van der Waals surface area contributed by atoms with Crippen molar-refractivity contribution in [2.24, 2.45) is 7.05 Å². The smallest absolute Gasteiger partial charge is 0.335 e. The van der Waals surface area contributed by atoms with Gasteiger partial charge in [-0.15, -0.1) is 0 Å². The van der Waals surface area contributed by atoms with Crippen LogP contribution in [0.5, 0.6) is 17.2 Å². The van der Waals surface area contributed by atoms with Crippen LogP contribution in [0.4, 0.5) is 11.5 Å². The van der Waals surface area contributed by atoms with Gasteiger partial charge in [-0.25, -0.2) is 14.8 Å². The molecule has 37 heavy (non-hydrogen) atoms. The van der Waals surface area contributed by atoms with Gasteiger partial charge in [-0.1, -0.05) is 19.4 Å². The normalized spacial score (nSPS) is 11.2. The zero-order chi connectivity index (χ0) is 26.5. The number of methoxy groups -OCH3 is 3. The maximum atomic E-state index is 11.2. The molecule has 2 aromatic carbocycles. The van der Waals surface area contributed by atoms with Crippen molar-refractivity contribution in [3.63, 3.8) is 0 Å². The summed E-state index contributed by atoms with van der Waals surface area (Å²) >= 11 is 0. The van der Waals surface area contributed by atoms with E-state index < -0.39 is 5.97 Å². The number of carboxylic acid groups (broad SMARTS) is 1. The summed E-state index contributed by atoms with van der Waals surface area (Å²) in [6.45, 7) is 2.09. The average molecular weight is 504 g/mol. The molecular formula is C27H29N5O5. The Morgan fingerprint density at radius 1 is 1.03 bits per heavy atom. The number of benzene rings is 2. The third kappa shape index (κ3) is 5.32. The molecule has 4 aromatic rings. The van der Waals surface area contributed by atoms with E-state index in [-0.39, 0.29) is 5.56 Å². The van der Waals surface area contributed by atoms with Gasteiger partial charge in [0, 0.05) is 12.7 Å². The van der Waals surface area contributed by atoms with Gasteiger partial charge in [0.05, 0.1) is 32.6 Å². The van der Waals surface area contributed by atoms with E-state index in [1.54, 1.807) is 50.3 Å². The molecule has 2 N–H and O–H groups in total. The average Bonchev–Trinajstić information content (AvgIpc) is 3.22. The summed E-state index contributed by atoms with van der Waals surface area (Å²) in [7, 11) is 6.56. The SMILES string of the molecule is CCCc1nn(C)c2c(Nc3ccc(C(=O)O)cc3)nc(/C=C/c3cc(OC)c(OC)c(OC)c3)nc12. The third-order valence-electron chi connectivity index (χ3n) is 5.76. The lowest BCUT2D eigenvalue weighted by molar-refractivity contribution is 0.0697. The number of aromatic carboxylic acids is 1. The van der Waals surface area contributed by atoms with Crippen molar-refractivity contribution in [1.82, 2.24) is 19.7 Å². The Hall–Kier alpha value is -4.60. The number of aromatic nitrogens is 4. The fourth-order valence-corrected chi connectivity index (χ4v) is 4.03. The first-order valence-electron chi connectivity index (χ1n) is 11.7. The van der Waals surface area contributed by atoms with Gasteiger partial charge in [0.2, 0.25) is 5.75 Å². The van der Waals surface area contributed by atoms with Crippen LogP contribution in [0.1, 0.15) is 40.8 Å². The van der Waals surface area contributed by atoms with E-state index in [2.05, 4.69) is 17.3 Å². The number of ether oxygens (including phenoxy) is 3. The Labute approximate surface area is 214 Å². The highest BCUT2D eigenvalue weighted by atomic mass is 16.5. The lowest BCUT2D eigenvalue weighted by atomic mass is 10.1. The van der Waals surface area contributed by atoms with Crippen molar-refractivity contribution in [2.45, 2.75) is 19.8 Å². The summed E-state index contributed by atoms with van der Waals surface area (Å²) in [6.07, 6.45) is 5.37. The maximum Gasteiger partial charge on any atom is 0.335 e. The van der Waals surface area contributed by atoms with Crippen molar-refractivity contribution < 1.29 is 24.1 Å². The summed E-state index contributed by atoms with van der Waals surface area (Å²) in [5, 5.41) is 17.2. The highest BCUT2D eigenvalue weighted by Gasteiger charge is 2.17. The molecule has 0 aliphatic rings. The lowest BCUT2D eigenvalue weighted by Crippen LogP contribution is -2.02. The molecule has 0 radical (unpaired) electrons. The van der Waals surface area contributed by atoms with Gasteiger partial charge in [-0.05, 0) is 54.5 Å². The number of fused-ring (bicyclic) bond motifs is 1. The topological polar surface area (TPSA) is 121 Å². The minimum atomic E-state index is -0.981. The molecule has 0 amide bonds. The van der Waals surface area contributed by atoms with Gasteiger partial charge in [0.25, 0.3) is 0 Å². The molecule has 2 heterocycles. The largest absolute Gasteiger partial charge is 0.493 e. The zero-order valence-corrected chi connectivity index (χ0v) is 21.4. The minimum absolute atomic E-state index is 0.207. The molecule has 4 rings (SSSR count). The Kier molecular flexibility index (Phi) is 7.57. The Balaban J connectivity index is 1.78. The van der Waals surface area contributed by atoms with Gasteiger partial charge < -0.3 is 24.6 Å². The molecule has 10 heteroatoms. The number of hydrogen-bond acceptors (Lipinski definition) is 8. The highest BCUT2D eigenvalue weighted by Crippen LogP contribution is 2.38. The first-order valence-corrected chi connectivity index (χ1v) is 11.7. The first kappa shape index (κ1) is 25.5. The van der Waals surface area contributed by atoms with Crippen molar-refractivity contribution in [1.29, 1.82) is 0 Å². The Morgan fingerprint density at radius 3 is 2.27 bits per heavy atom. The van der Waals surface area contributed by atoms with Crippen LogP contribution in [-0.4, -0.2) is 52.2 Å². The summed E-state index contributed by atoms with van der Waals surface area (Å²) in [5.74, 6) is 1.67. The second kappa shape index (κ2) is 11.0. The van der Waals surface area contributed by atoms with Crippen molar-refractivity contribution in [3.05, 3.63) is 59.0 Å². The molecule has 0 aliphatic heterocycles. The molecule has 192 valence electrons. The summed E-state index contributed by atoms with van der Waals surface area (Å²) in [4.78, 5) is 20.8. The number of anilines is 2. The molecule has 0 fully saturated rings. The third-order valence-corrected chi connectivity index (χ3v) is 5.76. The number of carboxylic acids is 1. The van der Waals surface area contributed by atoms with E-state index in [1.807, 2.05) is 31.3 Å². The number of rotatable bonds is 10. The number of carbonyl (C=O) groups is 1. The molecule has 0 unspecified atom stereocenters. The van der Waals surface area contributed by atoms with Gasteiger partial charge in [0.15, 0.2) is 23.1 Å². The molecule has 0 aliphatic carbocycles.